The Morgan fingerprint density at radius 1 is 0.812 bits per heavy atom. The first-order valence-corrected chi connectivity index (χ1v) is 12.9. The van der Waals surface area contributed by atoms with E-state index in [4.69, 9.17) is 0 Å². The van der Waals surface area contributed by atoms with Gasteiger partial charge in [0, 0.05) is 0 Å². The van der Waals surface area contributed by atoms with Gasteiger partial charge in [-0.05, 0) is 52.7 Å². The Balaban J connectivity index is 3.26. The van der Waals surface area contributed by atoms with Gasteiger partial charge >= 0.3 is 5.97 Å². The third-order valence-corrected chi connectivity index (χ3v) is 6.73. The first kappa shape index (κ1) is 28.5. The van der Waals surface area contributed by atoms with Gasteiger partial charge in [0.05, 0.1) is 5.92 Å². The molecule has 2 N–H and O–H groups in total. The second kappa shape index (κ2) is 12.7. The Morgan fingerprint density at radius 2 is 1.28 bits per heavy atom. The number of aliphatic carboxylic acids is 1. The normalized spacial score (nSPS) is 14.4. The van der Waals surface area contributed by atoms with Crippen molar-refractivity contribution < 1.29 is 15.0 Å². The molecule has 1 aromatic rings. The second-order valence-electron chi connectivity index (χ2n) is 11.8. The van der Waals surface area contributed by atoms with Crippen molar-refractivity contribution in [2.24, 2.45) is 11.8 Å². The minimum absolute atomic E-state index is 0.207. The molecule has 2 unspecified atom stereocenters. The van der Waals surface area contributed by atoms with Gasteiger partial charge in [0.2, 0.25) is 0 Å². The fraction of sp³-hybridized carbons (Fsp3) is 0.759. The van der Waals surface area contributed by atoms with E-state index >= 15 is 0 Å². The van der Waals surface area contributed by atoms with Crippen LogP contribution >= 0.6 is 0 Å². The van der Waals surface area contributed by atoms with Gasteiger partial charge in [0.1, 0.15) is 5.75 Å². The van der Waals surface area contributed by atoms with Gasteiger partial charge < -0.3 is 10.2 Å². The van der Waals surface area contributed by atoms with Crippen LogP contribution in [0.1, 0.15) is 130 Å². The Hall–Kier alpha value is -1.51. The molecule has 1 rings (SSSR count). The molecule has 0 aliphatic rings. The van der Waals surface area contributed by atoms with Crippen molar-refractivity contribution in [1.29, 1.82) is 0 Å². The van der Waals surface area contributed by atoms with Gasteiger partial charge in [-0.15, -0.1) is 0 Å². The molecule has 0 bridgehead atoms. The largest absolute Gasteiger partial charge is 0.507 e. The molecule has 0 saturated carbocycles. The lowest BCUT2D eigenvalue weighted by atomic mass is 9.75. The summed E-state index contributed by atoms with van der Waals surface area (Å²) in [5.74, 6) is -0.488. The SMILES string of the molecule is CCCCCCCC(CCCC)C(Cc1cc(C(C)(C)C)c(O)c(C(C)(C)C)c1)C(=O)O. The number of unbranched alkanes of at least 4 members (excludes halogenated alkanes) is 5. The van der Waals surface area contributed by atoms with Crippen molar-refractivity contribution >= 4 is 5.97 Å². The molecular formula is C29H50O3. The van der Waals surface area contributed by atoms with E-state index in [0.29, 0.717) is 12.2 Å². The summed E-state index contributed by atoms with van der Waals surface area (Å²) < 4.78 is 0. The van der Waals surface area contributed by atoms with Crippen LogP contribution in [0.15, 0.2) is 12.1 Å². The summed E-state index contributed by atoms with van der Waals surface area (Å²) in [5.41, 5.74) is 2.44. The van der Waals surface area contributed by atoms with Crippen LogP contribution in [0, 0.1) is 11.8 Å². The molecule has 2 atom stereocenters. The molecule has 3 nitrogen and oxygen atoms in total. The van der Waals surface area contributed by atoms with Gasteiger partial charge in [-0.3, -0.25) is 4.79 Å². The molecule has 0 aliphatic heterocycles. The molecule has 0 saturated heterocycles. The monoisotopic (exact) mass is 446 g/mol. The number of carboxylic acid groups (broad SMARTS) is 1. The zero-order valence-electron chi connectivity index (χ0n) is 22.2. The smallest absolute Gasteiger partial charge is 0.307 e. The molecule has 32 heavy (non-hydrogen) atoms. The number of aromatic hydroxyl groups is 1. The second-order valence-corrected chi connectivity index (χ2v) is 11.8. The Morgan fingerprint density at radius 3 is 1.72 bits per heavy atom. The number of rotatable bonds is 13. The molecule has 0 heterocycles. The number of phenolic OH excluding ortho intramolecular Hbond substituents is 1. The van der Waals surface area contributed by atoms with Crippen LogP contribution in [0.3, 0.4) is 0 Å². The van der Waals surface area contributed by atoms with Crippen molar-refractivity contribution in [2.75, 3.05) is 0 Å². The summed E-state index contributed by atoms with van der Waals surface area (Å²) in [4.78, 5) is 12.4. The van der Waals surface area contributed by atoms with E-state index in [1.54, 1.807) is 0 Å². The minimum atomic E-state index is -0.678. The van der Waals surface area contributed by atoms with E-state index in [2.05, 4.69) is 67.5 Å². The van der Waals surface area contributed by atoms with Crippen molar-refractivity contribution in [2.45, 2.75) is 130 Å². The highest BCUT2D eigenvalue weighted by atomic mass is 16.4. The lowest BCUT2D eigenvalue weighted by Crippen LogP contribution is -2.27. The number of benzene rings is 1. The summed E-state index contributed by atoms with van der Waals surface area (Å²) in [6, 6.07) is 4.11. The van der Waals surface area contributed by atoms with E-state index in [1.165, 1.54) is 25.7 Å². The van der Waals surface area contributed by atoms with Gasteiger partial charge in [0.25, 0.3) is 0 Å². The number of carboxylic acids is 1. The topological polar surface area (TPSA) is 57.5 Å². The van der Waals surface area contributed by atoms with Gasteiger partial charge in [0.15, 0.2) is 0 Å². The Labute approximate surface area is 198 Å². The Kier molecular flexibility index (Phi) is 11.3. The molecule has 184 valence electrons. The van der Waals surface area contributed by atoms with E-state index in [9.17, 15) is 15.0 Å². The Bertz CT molecular complexity index is 671. The average Bonchev–Trinajstić information content (AvgIpc) is 2.67. The standard InChI is InChI=1S/C29H50O3/c1-9-11-13-14-15-17-22(16-12-10-2)23(27(31)32)18-21-19-24(28(3,4)5)26(30)25(20-21)29(6,7)8/h19-20,22-23,30H,9-18H2,1-8H3,(H,31,32). The van der Waals surface area contributed by atoms with Crippen molar-refractivity contribution in [3.8, 4) is 5.75 Å². The van der Waals surface area contributed by atoms with E-state index in [0.717, 1.165) is 48.8 Å². The summed E-state index contributed by atoms with van der Waals surface area (Å²) in [6.07, 6.45) is 10.7. The zero-order valence-corrected chi connectivity index (χ0v) is 22.2. The molecule has 0 spiro atoms. The minimum Gasteiger partial charge on any atom is -0.507 e. The summed E-state index contributed by atoms with van der Waals surface area (Å²) in [6.45, 7) is 17.0. The van der Waals surface area contributed by atoms with Crippen LogP contribution < -0.4 is 0 Å². The predicted octanol–water partition coefficient (Wildman–Crippen LogP) is 8.40. The number of hydrogen-bond donors (Lipinski definition) is 2. The molecule has 0 radical (unpaired) electrons. The summed E-state index contributed by atoms with van der Waals surface area (Å²) in [5, 5.41) is 21.2. The molecule has 0 fully saturated rings. The van der Waals surface area contributed by atoms with Crippen LogP contribution in [-0.2, 0) is 22.0 Å². The van der Waals surface area contributed by atoms with Crippen LogP contribution in [0.5, 0.6) is 5.75 Å². The highest BCUT2D eigenvalue weighted by Crippen LogP contribution is 2.41. The molecule has 1 aromatic carbocycles. The molecule has 0 aromatic heterocycles. The van der Waals surface area contributed by atoms with Gasteiger partial charge in [-0.25, -0.2) is 0 Å². The van der Waals surface area contributed by atoms with Crippen molar-refractivity contribution in [3.63, 3.8) is 0 Å². The maximum atomic E-state index is 12.4. The number of hydrogen-bond acceptors (Lipinski definition) is 2. The highest BCUT2D eigenvalue weighted by molar-refractivity contribution is 5.71. The zero-order chi connectivity index (χ0) is 24.5. The molecular weight excluding hydrogens is 396 g/mol. The van der Waals surface area contributed by atoms with Gasteiger partial charge in [-0.2, -0.15) is 0 Å². The highest BCUT2D eigenvalue weighted by Gasteiger charge is 2.31. The number of carbonyl (C=O) groups is 1. The molecule has 3 heteroatoms. The van der Waals surface area contributed by atoms with E-state index < -0.39 is 5.97 Å². The quantitative estimate of drug-likeness (QED) is 0.299. The fourth-order valence-corrected chi connectivity index (χ4v) is 4.69. The lowest BCUT2D eigenvalue weighted by molar-refractivity contribution is -0.144. The third-order valence-electron chi connectivity index (χ3n) is 6.73. The maximum Gasteiger partial charge on any atom is 0.307 e. The van der Waals surface area contributed by atoms with Crippen LogP contribution in [0.25, 0.3) is 0 Å². The average molecular weight is 447 g/mol. The number of phenols is 1. The molecule has 0 aliphatic carbocycles. The maximum absolute atomic E-state index is 12.4. The first-order chi connectivity index (χ1) is 14.8. The van der Waals surface area contributed by atoms with Crippen LogP contribution in [0.4, 0.5) is 0 Å². The third kappa shape index (κ3) is 8.79. The van der Waals surface area contributed by atoms with E-state index in [-0.39, 0.29) is 22.7 Å². The van der Waals surface area contributed by atoms with Gasteiger partial charge in [-0.1, -0.05) is 112 Å². The lowest BCUT2D eigenvalue weighted by Gasteiger charge is -2.30. The predicted molar refractivity (Wildman–Crippen MR) is 137 cm³/mol. The summed E-state index contributed by atoms with van der Waals surface area (Å²) in [7, 11) is 0. The summed E-state index contributed by atoms with van der Waals surface area (Å²) >= 11 is 0. The molecule has 0 amide bonds. The van der Waals surface area contributed by atoms with Crippen LogP contribution in [-0.4, -0.2) is 16.2 Å². The fourth-order valence-electron chi connectivity index (χ4n) is 4.69. The first-order valence-electron chi connectivity index (χ1n) is 12.9. The van der Waals surface area contributed by atoms with Crippen molar-refractivity contribution in [3.05, 3.63) is 28.8 Å². The van der Waals surface area contributed by atoms with Crippen LogP contribution in [0.2, 0.25) is 0 Å². The van der Waals surface area contributed by atoms with E-state index in [1.807, 2.05) is 0 Å². The van der Waals surface area contributed by atoms with Crippen molar-refractivity contribution in [1.82, 2.24) is 0 Å².